The summed E-state index contributed by atoms with van der Waals surface area (Å²) in [5, 5.41) is 15.5. The molecule has 0 rings (SSSR count). The molecule has 0 fully saturated rings. The van der Waals surface area contributed by atoms with Gasteiger partial charge in [0.1, 0.15) is 0 Å². The van der Waals surface area contributed by atoms with E-state index in [1.807, 2.05) is 0 Å². The largest absolute Gasteiger partial charge is 5.00 e. The molecule has 8 nitrogen and oxygen atoms in total. The molecule has 0 atom stereocenters. The van der Waals surface area contributed by atoms with Crippen LogP contribution in [-0.4, -0.2) is 53.7 Å². The Morgan fingerprint density at radius 1 is 0.818 bits per heavy atom. The van der Waals surface area contributed by atoms with Gasteiger partial charge in [-0.3, -0.25) is 0 Å². The molecule has 0 aromatic heterocycles. The summed E-state index contributed by atoms with van der Waals surface area (Å²) in [6.45, 7) is 0. The topological polar surface area (TPSA) is 195 Å². The van der Waals surface area contributed by atoms with Crippen LogP contribution in [0.15, 0.2) is 0 Å². The van der Waals surface area contributed by atoms with Crippen molar-refractivity contribution < 1.29 is 94.9 Å². The van der Waals surface area contributed by atoms with Gasteiger partial charge in [-0.15, -0.1) is 0 Å². The van der Waals surface area contributed by atoms with E-state index in [9.17, 15) is 0 Å². The minimum Gasteiger partial charge on any atom is -2.00 e. The van der Waals surface area contributed by atoms with Crippen molar-refractivity contribution in [2.24, 2.45) is 0 Å². The van der Waals surface area contributed by atoms with Gasteiger partial charge in [0.25, 0.3) is 0 Å². The maximum Gasteiger partial charge on any atom is 5.00 e. The van der Waals surface area contributed by atoms with E-state index in [1.165, 1.54) is 0 Å². The van der Waals surface area contributed by atoms with Gasteiger partial charge in [-0.1, -0.05) is 5.04 Å². The zero-order valence-corrected chi connectivity index (χ0v) is 13.0. The summed E-state index contributed by atoms with van der Waals surface area (Å²) >= 11 is 0. The number of hydrogen-bond donors (Lipinski definition) is 2. The summed E-state index contributed by atoms with van der Waals surface area (Å²) in [7, 11) is 0. The first-order chi connectivity index (χ1) is 1.41. The summed E-state index contributed by atoms with van der Waals surface area (Å²) < 4.78 is 0. The van der Waals surface area contributed by atoms with Gasteiger partial charge in [0.15, 0.2) is 0 Å². The van der Waals surface area contributed by atoms with Gasteiger partial charge in [0, 0.05) is 0 Å². The Kier molecular flexibility index (Phi) is 1170. The normalized spacial score (nSPS) is 1.64. The average Bonchev–Trinajstić information content (AvgIpc) is 0.918. The van der Waals surface area contributed by atoms with E-state index in [2.05, 4.69) is 5.04 Å². The monoisotopic (exact) mass is 376 g/mol. The first kappa shape index (κ1) is 100. The Hall–Kier alpha value is 2.68. The summed E-state index contributed by atoms with van der Waals surface area (Å²) in [6.07, 6.45) is 0. The van der Waals surface area contributed by atoms with E-state index < -0.39 is 0 Å². The van der Waals surface area contributed by atoms with Gasteiger partial charge < -0.3 is 27.4 Å². The Bertz CT molecular complexity index is 14.1. The summed E-state index contributed by atoms with van der Waals surface area (Å²) in [6, 6.07) is 0. The molecule has 60 valence electrons. The zero-order valence-electron chi connectivity index (χ0n) is 5.59. The Morgan fingerprint density at radius 3 is 0.818 bits per heavy atom. The molecule has 0 spiro atoms. The quantitative estimate of drug-likeness (QED) is 0.244. The second-order valence-corrected chi connectivity index (χ2v) is 0.0816. The fourth-order valence-corrected chi connectivity index (χ4v) is 0. The number of hydrogen-bond acceptors (Lipinski definition) is 3. The molecule has 4 N–H and O–H groups in total. The maximum atomic E-state index is 6.62. The van der Waals surface area contributed by atoms with Gasteiger partial charge in [0.2, 0.25) is 0 Å². The molecular formula is H4CaNaO8Ta. The molecule has 11 heteroatoms. The van der Waals surface area contributed by atoms with Crippen molar-refractivity contribution in [2.75, 3.05) is 0 Å². The molecule has 0 amide bonds. The Labute approximate surface area is 131 Å². The van der Waals surface area contributed by atoms with Crippen molar-refractivity contribution in [2.45, 2.75) is 0 Å². The van der Waals surface area contributed by atoms with E-state index >= 15 is 0 Å². The van der Waals surface area contributed by atoms with Crippen molar-refractivity contribution in [1.82, 2.24) is 0 Å². The molecule has 11 heavy (non-hydrogen) atoms. The molecular weight excluding hydrogens is 372 g/mol. The Morgan fingerprint density at radius 2 is 0.818 bits per heavy atom. The molecule has 0 heterocycles. The molecule has 0 aliphatic rings. The van der Waals surface area contributed by atoms with E-state index in [0.717, 1.165) is 0 Å². The maximum absolute atomic E-state index is 6.62. The van der Waals surface area contributed by atoms with Crippen molar-refractivity contribution in [3.8, 4) is 0 Å². The first-order valence-corrected chi connectivity index (χ1v) is 0.365. The minimum absolute atomic E-state index is 0. The van der Waals surface area contributed by atoms with Crippen LogP contribution in [0.5, 0.6) is 0 Å². The molecule has 0 unspecified atom stereocenters. The molecule has 0 bridgehead atoms. The van der Waals surface area contributed by atoms with Gasteiger partial charge in [0.05, 0.1) is 0 Å². The van der Waals surface area contributed by atoms with E-state index in [1.54, 1.807) is 0 Å². The summed E-state index contributed by atoms with van der Waals surface area (Å²) in [5.41, 5.74) is 0. The van der Waals surface area contributed by atoms with Crippen LogP contribution in [0.3, 0.4) is 0 Å². The Balaban J connectivity index is -0.000000000714. The molecule has 0 saturated carbocycles. The van der Waals surface area contributed by atoms with Crippen molar-refractivity contribution in [3.05, 3.63) is 0 Å². The molecule has 0 aromatic carbocycles. The molecule has 0 radical (unpaired) electrons. The summed E-state index contributed by atoms with van der Waals surface area (Å²) in [5.74, 6) is 0. The van der Waals surface area contributed by atoms with Crippen LogP contribution < -0.4 is 29.6 Å². The van der Waals surface area contributed by atoms with Crippen LogP contribution in [0.25, 0.3) is 0 Å². The van der Waals surface area contributed by atoms with E-state index in [-0.39, 0.29) is 117 Å². The van der Waals surface area contributed by atoms with Gasteiger partial charge >= 0.3 is 89.7 Å². The van der Waals surface area contributed by atoms with E-state index in [0.29, 0.717) is 0 Å². The van der Waals surface area contributed by atoms with Crippen LogP contribution in [0, 0.1) is 0 Å². The van der Waals surface area contributed by atoms with Crippen LogP contribution in [-0.2, 0) is 49.3 Å². The number of rotatable bonds is 0. The average molecular weight is 376 g/mol. The predicted molar refractivity (Wildman–Crippen MR) is 18.5 cm³/mol. The third kappa shape index (κ3) is 201. The third-order valence-electron chi connectivity index (χ3n) is 0. The molecule has 0 aromatic rings. The van der Waals surface area contributed by atoms with Gasteiger partial charge in [-0.2, -0.15) is 0 Å². The van der Waals surface area contributed by atoms with Crippen molar-refractivity contribution >= 4 is 37.7 Å². The second kappa shape index (κ2) is 128. The second-order valence-electron chi connectivity index (χ2n) is 0.0816. The molecule has 0 saturated heterocycles. The van der Waals surface area contributed by atoms with Crippen LogP contribution in [0.4, 0.5) is 0 Å². The fourth-order valence-electron chi connectivity index (χ4n) is 0. The zero-order chi connectivity index (χ0) is 2.71. The SMILES string of the molecule is O.OOO.[Ca+2].[Na+].[O-2].[O-2].[O-2].[O-2].[Ta+5]. The van der Waals surface area contributed by atoms with Crippen molar-refractivity contribution in [1.29, 1.82) is 0 Å². The van der Waals surface area contributed by atoms with Crippen LogP contribution >= 0.6 is 0 Å². The van der Waals surface area contributed by atoms with Crippen molar-refractivity contribution in [3.63, 3.8) is 0 Å². The van der Waals surface area contributed by atoms with Gasteiger partial charge in [-0.05, 0) is 0 Å². The van der Waals surface area contributed by atoms with Crippen LogP contribution in [0.1, 0.15) is 0 Å². The summed E-state index contributed by atoms with van der Waals surface area (Å²) in [4.78, 5) is 0. The minimum atomic E-state index is 0. The fraction of sp³-hybridized carbons (Fsp3) is 0. The smallest absolute Gasteiger partial charge is 2.00 e. The predicted octanol–water partition coefficient (Wildman–Crippen LogP) is -4.73. The first-order valence-electron chi connectivity index (χ1n) is 0.365. The third-order valence-corrected chi connectivity index (χ3v) is 0. The molecule has 0 aliphatic carbocycles. The van der Waals surface area contributed by atoms with E-state index in [4.69, 9.17) is 10.5 Å². The molecule has 0 aliphatic heterocycles. The van der Waals surface area contributed by atoms with Crippen LogP contribution in [0.2, 0.25) is 0 Å². The van der Waals surface area contributed by atoms with Gasteiger partial charge in [-0.25, -0.2) is 10.5 Å². The standard InChI is InChI=1S/Ca.Na.H2O3.H2O.4O.Ta/c;;1-3-2;;;;;;/h;;1-2H;1H2;;;;;/q+2;+1;;;4*-2;+5.